The second-order valence-electron chi connectivity index (χ2n) is 9.29. The molecule has 1 aromatic rings. The minimum Gasteiger partial charge on any atom is -0.497 e. The molecule has 2 rings (SSSR count). The van der Waals surface area contributed by atoms with Gasteiger partial charge in [0.15, 0.2) is 0 Å². The Morgan fingerprint density at radius 2 is 1.79 bits per heavy atom. The van der Waals surface area contributed by atoms with Gasteiger partial charge in [-0.25, -0.2) is 8.42 Å². The molecule has 0 unspecified atom stereocenters. The number of ether oxygens (including phenoxy) is 1. The molecule has 6 N–H and O–H groups in total. The minimum atomic E-state index is -3.95. The molecule has 14 heteroatoms. The van der Waals surface area contributed by atoms with Gasteiger partial charge in [0.2, 0.25) is 27.7 Å². The molecule has 1 aliphatic heterocycles. The molecule has 0 aliphatic carbocycles. The highest BCUT2D eigenvalue weighted by Gasteiger charge is 2.31. The summed E-state index contributed by atoms with van der Waals surface area (Å²) in [4.78, 5) is 50.8. The number of rotatable bonds is 14. The molecule has 0 bridgehead atoms. The molecular weight excluding hydrogens is 518 g/mol. The fraction of sp³-hybridized carbons (Fsp3) is 0.583. The number of benzene rings is 1. The first-order valence-electron chi connectivity index (χ1n) is 12.3. The molecule has 1 heterocycles. The Hall–Kier alpha value is -3.07. The fourth-order valence-electron chi connectivity index (χ4n) is 4.08. The van der Waals surface area contributed by atoms with Crippen molar-refractivity contribution in [2.24, 2.45) is 11.7 Å². The van der Waals surface area contributed by atoms with E-state index in [9.17, 15) is 32.7 Å². The SMILES string of the molecule is COc1ccc(C[C@H](N)C(=O)NCC(=O)N(C[C@H](NS(C)(=O)=O)C(=O)O)C(=O)CCC2CCNCC2)cc1. The highest BCUT2D eigenvalue weighted by molar-refractivity contribution is 7.88. The Bertz CT molecular complexity index is 1070. The zero-order chi connectivity index (χ0) is 28.3. The molecule has 13 nitrogen and oxygen atoms in total. The Morgan fingerprint density at radius 3 is 2.34 bits per heavy atom. The van der Waals surface area contributed by atoms with Gasteiger partial charge < -0.3 is 26.2 Å². The van der Waals surface area contributed by atoms with Gasteiger partial charge in [-0.1, -0.05) is 12.1 Å². The summed E-state index contributed by atoms with van der Waals surface area (Å²) in [5.74, 6) is -2.78. The van der Waals surface area contributed by atoms with Crippen LogP contribution in [-0.4, -0.2) is 93.7 Å². The number of hydrogen-bond acceptors (Lipinski definition) is 9. The number of sulfonamides is 1. The van der Waals surface area contributed by atoms with E-state index in [4.69, 9.17) is 10.5 Å². The lowest BCUT2D eigenvalue weighted by atomic mass is 9.93. The summed E-state index contributed by atoms with van der Waals surface area (Å²) in [5, 5.41) is 15.1. The van der Waals surface area contributed by atoms with Crippen LogP contribution in [-0.2, 0) is 35.6 Å². The van der Waals surface area contributed by atoms with Crippen molar-refractivity contribution in [2.75, 3.05) is 39.5 Å². The summed E-state index contributed by atoms with van der Waals surface area (Å²) >= 11 is 0. The average molecular weight is 556 g/mol. The normalized spacial score (nSPS) is 15.8. The van der Waals surface area contributed by atoms with Crippen molar-refractivity contribution in [3.05, 3.63) is 29.8 Å². The van der Waals surface area contributed by atoms with Crippen LogP contribution in [0.1, 0.15) is 31.2 Å². The van der Waals surface area contributed by atoms with Gasteiger partial charge in [-0.05, 0) is 62.4 Å². The molecule has 1 fully saturated rings. The molecule has 1 aliphatic rings. The number of piperidine rings is 1. The number of carbonyl (C=O) groups excluding carboxylic acids is 3. The molecule has 0 radical (unpaired) electrons. The van der Waals surface area contributed by atoms with Crippen molar-refractivity contribution in [1.82, 2.24) is 20.3 Å². The van der Waals surface area contributed by atoms with Crippen molar-refractivity contribution < 1.29 is 37.4 Å². The Kier molecular flexibility index (Phi) is 12.1. The maximum Gasteiger partial charge on any atom is 0.323 e. The minimum absolute atomic E-state index is 0.0213. The van der Waals surface area contributed by atoms with Gasteiger partial charge >= 0.3 is 5.97 Å². The zero-order valence-electron chi connectivity index (χ0n) is 21.6. The molecule has 38 heavy (non-hydrogen) atoms. The molecule has 3 amide bonds. The predicted octanol–water partition coefficient (Wildman–Crippen LogP) is -1.18. The first-order chi connectivity index (χ1) is 17.9. The van der Waals surface area contributed by atoms with Crippen LogP contribution in [0.25, 0.3) is 0 Å². The number of methoxy groups -OCH3 is 1. The van der Waals surface area contributed by atoms with Crippen molar-refractivity contribution in [3.63, 3.8) is 0 Å². The molecule has 0 saturated carbocycles. The topological polar surface area (TPSA) is 197 Å². The van der Waals surface area contributed by atoms with Gasteiger partial charge in [0.05, 0.1) is 32.5 Å². The number of carboxylic acid groups (broad SMARTS) is 1. The van der Waals surface area contributed by atoms with E-state index in [0.29, 0.717) is 17.1 Å². The highest BCUT2D eigenvalue weighted by Crippen LogP contribution is 2.18. The number of nitrogens with one attached hydrogen (secondary N) is 3. The second-order valence-corrected chi connectivity index (χ2v) is 11.1. The number of aliphatic carboxylic acids is 1. The van der Waals surface area contributed by atoms with E-state index in [1.165, 1.54) is 7.11 Å². The molecule has 212 valence electrons. The number of amides is 3. The van der Waals surface area contributed by atoms with Crippen LogP contribution in [0.2, 0.25) is 0 Å². The van der Waals surface area contributed by atoms with E-state index in [1.54, 1.807) is 24.3 Å². The van der Waals surface area contributed by atoms with Crippen molar-refractivity contribution in [3.8, 4) is 5.75 Å². The Balaban J connectivity index is 2.04. The monoisotopic (exact) mass is 555 g/mol. The number of imide groups is 1. The number of nitrogens with zero attached hydrogens (tertiary/aromatic N) is 1. The second kappa shape index (κ2) is 14.8. The first kappa shape index (κ1) is 31.1. The van der Waals surface area contributed by atoms with Crippen molar-refractivity contribution in [1.29, 1.82) is 0 Å². The van der Waals surface area contributed by atoms with E-state index in [0.717, 1.165) is 37.8 Å². The zero-order valence-corrected chi connectivity index (χ0v) is 22.5. The molecular formula is C24H37N5O8S. The lowest BCUT2D eigenvalue weighted by Crippen LogP contribution is -2.54. The summed E-state index contributed by atoms with van der Waals surface area (Å²) in [6, 6.07) is 4.21. The predicted molar refractivity (Wildman–Crippen MR) is 139 cm³/mol. The molecule has 0 aromatic heterocycles. The van der Waals surface area contributed by atoms with Crippen molar-refractivity contribution in [2.45, 2.75) is 44.2 Å². The third-order valence-electron chi connectivity index (χ3n) is 6.21. The number of carbonyl (C=O) groups is 4. The summed E-state index contributed by atoms with van der Waals surface area (Å²) in [6.45, 7) is 0.312. The summed E-state index contributed by atoms with van der Waals surface area (Å²) in [5.41, 5.74) is 6.74. The standard InChI is InChI=1S/C24H37N5O8S/c1-37-18-6-3-17(4-7-18)13-19(25)23(32)27-14-22(31)29(15-20(24(33)34)28-38(2,35)36)21(30)8-5-16-9-11-26-12-10-16/h3-4,6-7,16,19-20,26,28H,5,8-15,25H2,1-2H3,(H,27,32)(H,33,34)/t19-,20-/m0/s1. The number of carboxylic acids is 1. The number of nitrogens with two attached hydrogens (primary N) is 1. The van der Waals surface area contributed by atoms with Crippen LogP contribution < -0.4 is 25.8 Å². The van der Waals surface area contributed by atoms with E-state index < -0.39 is 58.9 Å². The number of hydrogen-bond donors (Lipinski definition) is 5. The molecule has 1 saturated heterocycles. The van der Waals surface area contributed by atoms with E-state index in [-0.39, 0.29) is 18.8 Å². The fourth-order valence-corrected chi connectivity index (χ4v) is 4.77. The van der Waals surface area contributed by atoms with Crippen LogP contribution in [0, 0.1) is 5.92 Å². The largest absolute Gasteiger partial charge is 0.497 e. The van der Waals surface area contributed by atoms with E-state index >= 15 is 0 Å². The van der Waals surface area contributed by atoms with Gasteiger partial charge in [0.1, 0.15) is 11.8 Å². The maximum absolute atomic E-state index is 13.0. The highest BCUT2D eigenvalue weighted by atomic mass is 32.2. The van der Waals surface area contributed by atoms with Crippen molar-refractivity contribution >= 4 is 33.7 Å². The van der Waals surface area contributed by atoms with Crippen LogP contribution in [0.15, 0.2) is 24.3 Å². The quantitative estimate of drug-likeness (QED) is 0.186. The van der Waals surface area contributed by atoms with Crippen LogP contribution in [0.5, 0.6) is 5.75 Å². The summed E-state index contributed by atoms with van der Waals surface area (Å²) in [7, 11) is -2.42. The third-order valence-corrected chi connectivity index (χ3v) is 6.92. The van der Waals surface area contributed by atoms with Gasteiger partial charge in [0, 0.05) is 6.42 Å². The van der Waals surface area contributed by atoms with Gasteiger partial charge in [-0.2, -0.15) is 4.72 Å². The lowest BCUT2D eigenvalue weighted by molar-refractivity contribution is -0.147. The Morgan fingerprint density at radius 1 is 1.16 bits per heavy atom. The molecule has 0 spiro atoms. The Labute approximate surface area is 222 Å². The van der Waals surface area contributed by atoms with Gasteiger partial charge in [0.25, 0.3) is 0 Å². The van der Waals surface area contributed by atoms with E-state index in [1.807, 2.05) is 4.72 Å². The molecule has 1 aromatic carbocycles. The first-order valence-corrected chi connectivity index (χ1v) is 14.2. The van der Waals surface area contributed by atoms with Gasteiger partial charge in [-0.3, -0.25) is 24.1 Å². The summed E-state index contributed by atoms with van der Waals surface area (Å²) < 4.78 is 30.3. The average Bonchev–Trinajstić information content (AvgIpc) is 2.88. The van der Waals surface area contributed by atoms with Crippen LogP contribution in [0.4, 0.5) is 0 Å². The van der Waals surface area contributed by atoms with E-state index in [2.05, 4.69) is 10.6 Å². The smallest absolute Gasteiger partial charge is 0.323 e. The maximum atomic E-state index is 13.0. The molecule has 2 atom stereocenters. The lowest BCUT2D eigenvalue weighted by Gasteiger charge is -2.27. The third kappa shape index (κ3) is 10.7. The van der Waals surface area contributed by atoms with Crippen LogP contribution >= 0.6 is 0 Å². The van der Waals surface area contributed by atoms with Gasteiger partial charge in [-0.15, -0.1) is 0 Å². The summed E-state index contributed by atoms with van der Waals surface area (Å²) in [6.07, 6.45) is 3.18. The van der Waals surface area contributed by atoms with Crippen LogP contribution in [0.3, 0.4) is 0 Å².